The van der Waals surface area contributed by atoms with Gasteiger partial charge in [-0.05, 0) is 12.5 Å². The highest BCUT2D eigenvalue weighted by Gasteiger charge is 2.25. The Morgan fingerprint density at radius 3 is 2.83 bits per heavy atom. The molecule has 0 aromatic carbocycles. The van der Waals surface area contributed by atoms with Crippen molar-refractivity contribution in [3.63, 3.8) is 0 Å². The standard InChI is InChI=1S/C15H18ClN5O2/c1-19-13(7-14(22)20(2)15(19)23)21-6-4-10(9-21)18-12-3-5-17-8-11(12)16/h3,5,7-8,10H,4,6,9H2,1-2H3,(H,17,18)/t10-/m1/s1. The first kappa shape index (κ1) is 15.6. The highest BCUT2D eigenvalue weighted by Crippen LogP contribution is 2.24. The van der Waals surface area contributed by atoms with Crippen LogP contribution in [0.1, 0.15) is 6.42 Å². The van der Waals surface area contributed by atoms with Gasteiger partial charge in [0.25, 0.3) is 5.56 Å². The molecule has 0 saturated carbocycles. The van der Waals surface area contributed by atoms with Crippen molar-refractivity contribution in [3.8, 4) is 0 Å². The zero-order valence-corrected chi connectivity index (χ0v) is 13.7. The molecule has 1 N–H and O–H groups in total. The summed E-state index contributed by atoms with van der Waals surface area (Å²) in [5.74, 6) is 0.642. The molecule has 7 nitrogen and oxygen atoms in total. The van der Waals surface area contributed by atoms with Crippen LogP contribution in [0, 0.1) is 0 Å². The second-order valence-corrected chi connectivity index (χ2v) is 6.08. The first-order valence-electron chi connectivity index (χ1n) is 7.35. The summed E-state index contributed by atoms with van der Waals surface area (Å²) in [5, 5.41) is 3.96. The van der Waals surface area contributed by atoms with Gasteiger partial charge in [-0.2, -0.15) is 0 Å². The van der Waals surface area contributed by atoms with Crippen molar-refractivity contribution in [3.05, 3.63) is 50.4 Å². The summed E-state index contributed by atoms with van der Waals surface area (Å²) in [6.45, 7) is 1.46. The van der Waals surface area contributed by atoms with E-state index >= 15 is 0 Å². The fourth-order valence-corrected chi connectivity index (χ4v) is 3.00. The van der Waals surface area contributed by atoms with E-state index in [2.05, 4.69) is 10.3 Å². The fraction of sp³-hybridized carbons (Fsp3) is 0.400. The van der Waals surface area contributed by atoms with Gasteiger partial charge in [-0.15, -0.1) is 0 Å². The highest BCUT2D eigenvalue weighted by atomic mass is 35.5. The number of aromatic nitrogens is 3. The SMILES string of the molecule is Cn1c(N2CC[C@@H](Nc3ccncc3Cl)C2)cc(=O)n(C)c1=O. The van der Waals surface area contributed by atoms with Gasteiger partial charge in [0.2, 0.25) is 0 Å². The molecule has 0 amide bonds. The summed E-state index contributed by atoms with van der Waals surface area (Å²) < 4.78 is 2.61. The topological polar surface area (TPSA) is 72.2 Å². The number of hydrogen-bond donors (Lipinski definition) is 1. The average molecular weight is 336 g/mol. The smallest absolute Gasteiger partial charge is 0.332 e. The Kier molecular flexibility index (Phi) is 4.12. The van der Waals surface area contributed by atoms with E-state index in [1.54, 1.807) is 19.4 Å². The zero-order chi connectivity index (χ0) is 16.6. The van der Waals surface area contributed by atoms with Crippen molar-refractivity contribution < 1.29 is 0 Å². The minimum absolute atomic E-state index is 0.189. The van der Waals surface area contributed by atoms with Gasteiger partial charge in [-0.25, -0.2) is 4.79 Å². The van der Waals surface area contributed by atoms with E-state index in [0.29, 0.717) is 17.4 Å². The Morgan fingerprint density at radius 2 is 2.09 bits per heavy atom. The van der Waals surface area contributed by atoms with Gasteiger partial charge in [0.05, 0.1) is 10.7 Å². The Morgan fingerprint density at radius 1 is 1.30 bits per heavy atom. The summed E-state index contributed by atoms with van der Waals surface area (Å²) >= 11 is 6.11. The molecule has 0 spiro atoms. The van der Waals surface area contributed by atoms with Crippen LogP contribution < -0.4 is 21.5 Å². The van der Waals surface area contributed by atoms with Crippen molar-refractivity contribution in [2.24, 2.45) is 14.1 Å². The van der Waals surface area contributed by atoms with Gasteiger partial charge >= 0.3 is 5.69 Å². The Hall–Kier alpha value is -2.28. The number of nitrogens with zero attached hydrogens (tertiary/aromatic N) is 4. The van der Waals surface area contributed by atoms with E-state index in [1.165, 1.54) is 17.7 Å². The second kappa shape index (κ2) is 6.08. The van der Waals surface area contributed by atoms with Gasteiger partial charge in [-0.1, -0.05) is 11.6 Å². The van der Waals surface area contributed by atoms with Crippen LogP contribution in [0.5, 0.6) is 0 Å². The fourth-order valence-electron chi connectivity index (χ4n) is 2.82. The van der Waals surface area contributed by atoms with Crippen molar-refractivity contribution >= 4 is 23.1 Å². The number of hydrogen-bond acceptors (Lipinski definition) is 5. The molecular weight excluding hydrogens is 318 g/mol. The molecule has 0 bridgehead atoms. The molecule has 122 valence electrons. The Balaban J connectivity index is 1.80. The first-order valence-corrected chi connectivity index (χ1v) is 7.73. The molecule has 8 heteroatoms. The zero-order valence-electron chi connectivity index (χ0n) is 13.0. The number of halogens is 1. The predicted molar refractivity (Wildman–Crippen MR) is 90.4 cm³/mol. The lowest BCUT2D eigenvalue weighted by Gasteiger charge is -2.22. The summed E-state index contributed by atoms with van der Waals surface area (Å²) in [6, 6.07) is 3.52. The van der Waals surface area contributed by atoms with Crippen LogP contribution in [0.4, 0.5) is 11.5 Å². The van der Waals surface area contributed by atoms with Crippen LogP contribution in [-0.2, 0) is 14.1 Å². The number of nitrogens with one attached hydrogen (secondary N) is 1. The Bertz CT molecular complexity index is 844. The molecule has 23 heavy (non-hydrogen) atoms. The lowest BCUT2D eigenvalue weighted by Crippen LogP contribution is -2.40. The van der Waals surface area contributed by atoms with Crippen LogP contribution in [0.2, 0.25) is 5.02 Å². The molecule has 2 aromatic rings. The number of rotatable bonds is 3. The average Bonchev–Trinajstić information content (AvgIpc) is 2.99. The third-order valence-corrected chi connectivity index (χ3v) is 4.45. The van der Waals surface area contributed by atoms with E-state index in [1.807, 2.05) is 11.0 Å². The van der Waals surface area contributed by atoms with Gasteiger partial charge in [0.1, 0.15) is 5.82 Å². The number of pyridine rings is 1. The van der Waals surface area contributed by atoms with Gasteiger partial charge in [0.15, 0.2) is 0 Å². The minimum Gasteiger partial charge on any atom is -0.379 e. The second-order valence-electron chi connectivity index (χ2n) is 5.67. The monoisotopic (exact) mass is 335 g/mol. The van der Waals surface area contributed by atoms with E-state index < -0.39 is 0 Å². The van der Waals surface area contributed by atoms with E-state index in [9.17, 15) is 9.59 Å². The summed E-state index contributed by atoms with van der Waals surface area (Å²) in [4.78, 5) is 29.9. The van der Waals surface area contributed by atoms with Crippen LogP contribution in [0.3, 0.4) is 0 Å². The van der Waals surface area contributed by atoms with Crippen LogP contribution in [-0.4, -0.2) is 33.2 Å². The lowest BCUT2D eigenvalue weighted by atomic mass is 10.2. The molecule has 0 aliphatic carbocycles. The molecule has 3 rings (SSSR count). The Labute approximate surface area is 138 Å². The maximum Gasteiger partial charge on any atom is 0.332 e. The van der Waals surface area contributed by atoms with Gasteiger partial charge < -0.3 is 10.2 Å². The summed E-state index contributed by atoms with van der Waals surface area (Å²) in [5.41, 5.74) is 0.226. The predicted octanol–water partition coefficient (Wildman–Crippen LogP) is 0.823. The van der Waals surface area contributed by atoms with Gasteiger partial charge in [0, 0.05) is 51.7 Å². The van der Waals surface area contributed by atoms with Crippen LogP contribution in [0.25, 0.3) is 0 Å². The molecule has 0 radical (unpaired) electrons. The van der Waals surface area contributed by atoms with E-state index in [4.69, 9.17) is 11.6 Å². The minimum atomic E-state index is -0.318. The molecular formula is C15H18ClN5O2. The molecule has 1 aliphatic rings. The quantitative estimate of drug-likeness (QED) is 0.899. The lowest BCUT2D eigenvalue weighted by molar-refractivity contribution is 0.672. The van der Waals surface area contributed by atoms with Crippen molar-refractivity contribution in [2.45, 2.75) is 12.5 Å². The van der Waals surface area contributed by atoms with Crippen molar-refractivity contribution in [1.29, 1.82) is 0 Å². The van der Waals surface area contributed by atoms with Crippen molar-refractivity contribution in [2.75, 3.05) is 23.3 Å². The molecule has 1 fully saturated rings. The molecule has 2 aromatic heterocycles. The maximum atomic E-state index is 12.0. The molecule has 0 unspecified atom stereocenters. The third-order valence-electron chi connectivity index (χ3n) is 4.14. The number of anilines is 2. The molecule has 1 saturated heterocycles. The molecule has 3 heterocycles. The maximum absolute atomic E-state index is 12.0. The molecule has 1 atom stereocenters. The van der Waals surface area contributed by atoms with Crippen molar-refractivity contribution in [1.82, 2.24) is 14.1 Å². The highest BCUT2D eigenvalue weighted by molar-refractivity contribution is 6.33. The van der Waals surface area contributed by atoms with Crippen LogP contribution >= 0.6 is 11.6 Å². The van der Waals surface area contributed by atoms with Gasteiger partial charge in [-0.3, -0.25) is 18.9 Å². The third kappa shape index (κ3) is 2.96. The van der Waals surface area contributed by atoms with Crippen LogP contribution in [0.15, 0.2) is 34.1 Å². The summed E-state index contributed by atoms with van der Waals surface area (Å²) in [7, 11) is 3.16. The summed E-state index contributed by atoms with van der Waals surface area (Å²) in [6.07, 6.45) is 4.18. The first-order chi connectivity index (χ1) is 11.0. The molecule has 1 aliphatic heterocycles. The normalized spacial score (nSPS) is 17.5. The van der Waals surface area contributed by atoms with E-state index in [-0.39, 0.29) is 17.3 Å². The van der Waals surface area contributed by atoms with E-state index in [0.717, 1.165) is 23.2 Å². The largest absolute Gasteiger partial charge is 0.379 e.